The number of fused-ring (bicyclic) bond motifs is 1. The number of piperidine rings is 1. The number of aryl methyl sites for hydroxylation is 1. The molecule has 1 aromatic carbocycles. The highest BCUT2D eigenvalue weighted by Crippen LogP contribution is 2.25. The van der Waals surface area contributed by atoms with Gasteiger partial charge in [0.2, 0.25) is 10.0 Å². The molecule has 0 radical (unpaired) electrons. The van der Waals surface area contributed by atoms with Crippen molar-refractivity contribution in [3.63, 3.8) is 0 Å². The molecule has 3 rings (SSSR count). The van der Waals surface area contributed by atoms with Crippen LogP contribution in [0, 0.1) is 0 Å². The minimum Gasteiger partial charge on any atom is -0.299 e. The molecule has 1 aliphatic heterocycles. The third-order valence-corrected chi connectivity index (χ3v) is 6.75. The summed E-state index contributed by atoms with van der Waals surface area (Å²) in [4.78, 5) is 12.1. The van der Waals surface area contributed by atoms with Crippen LogP contribution in [0.3, 0.4) is 0 Å². The summed E-state index contributed by atoms with van der Waals surface area (Å²) in [5.74, 6) is 0. The van der Waals surface area contributed by atoms with Gasteiger partial charge in [0, 0.05) is 19.6 Å². The number of hydrogen-bond acceptors (Lipinski definition) is 4. The van der Waals surface area contributed by atoms with Gasteiger partial charge >= 0.3 is 4.87 Å². The van der Waals surface area contributed by atoms with Crippen LogP contribution in [0.1, 0.15) is 26.2 Å². The quantitative estimate of drug-likeness (QED) is 0.869. The maximum atomic E-state index is 12.6. The Morgan fingerprint density at radius 2 is 1.90 bits per heavy atom. The molecule has 0 saturated carbocycles. The summed E-state index contributed by atoms with van der Waals surface area (Å²) in [5.41, 5.74) is 0.810. The molecule has 0 N–H and O–H groups in total. The van der Waals surface area contributed by atoms with Gasteiger partial charge in [0.05, 0.1) is 15.1 Å². The zero-order valence-electron chi connectivity index (χ0n) is 11.9. The highest BCUT2D eigenvalue weighted by atomic mass is 32.2. The average Bonchev–Trinajstić information content (AvgIpc) is 2.82. The second kappa shape index (κ2) is 5.55. The smallest absolute Gasteiger partial charge is 0.299 e. The van der Waals surface area contributed by atoms with Gasteiger partial charge in [-0.15, -0.1) is 0 Å². The Kier molecular flexibility index (Phi) is 3.90. The van der Waals surface area contributed by atoms with Crippen molar-refractivity contribution in [1.82, 2.24) is 8.87 Å². The number of aromatic nitrogens is 1. The van der Waals surface area contributed by atoms with Crippen molar-refractivity contribution in [2.24, 2.45) is 0 Å². The summed E-state index contributed by atoms with van der Waals surface area (Å²) < 4.78 is 29.2. The van der Waals surface area contributed by atoms with Crippen LogP contribution in [0.25, 0.3) is 10.2 Å². The predicted octanol–water partition coefficient (Wildman–Crippen LogP) is 2.26. The fourth-order valence-electron chi connectivity index (χ4n) is 2.76. The third-order valence-electron chi connectivity index (χ3n) is 3.91. The number of thiazole rings is 1. The van der Waals surface area contributed by atoms with Gasteiger partial charge in [-0.05, 0) is 38.0 Å². The minimum absolute atomic E-state index is 0.0416. The summed E-state index contributed by atoms with van der Waals surface area (Å²) in [6, 6.07) is 5.00. The molecule has 2 heterocycles. The molecule has 0 atom stereocenters. The lowest BCUT2D eigenvalue weighted by atomic mass is 10.2. The van der Waals surface area contributed by atoms with Gasteiger partial charge in [-0.25, -0.2) is 8.42 Å². The van der Waals surface area contributed by atoms with Crippen LogP contribution in [0.15, 0.2) is 27.9 Å². The van der Waals surface area contributed by atoms with E-state index in [0.717, 1.165) is 40.8 Å². The molecule has 0 bridgehead atoms. The largest absolute Gasteiger partial charge is 0.308 e. The van der Waals surface area contributed by atoms with E-state index in [9.17, 15) is 13.2 Å². The van der Waals surface area contributed by atoms with E-state index in [-0.39, 0.29) is 4.87 Å². The van der Waals surface area contributed by atoms with Crippen molar-refractivity contribution in [3.8, 4) is 0 Å². The predicted molar refractivity (Wildman–Crippen MR) is 84.4 cm³/mol. The van der Waals surface area contributed by atoms with E-state index in [4.69, 9.17) is 0 Å². The van der Waals surface area contributed by atoms with Gasteiger partial charge in [-0.2, -0.15) is 4.31 Å². The molecule has 0 unspecified atom stereocenters. The maximum Gasteiger partial charge on any atom is 0.308 e. The second-order valence-electron chi connectivity index (χ2n) is 5.21. The van der Waals surface area contributed by atoms with E-state index < -0.39 is 10.0 Å². The molecule has 0 amide bonds. The first kappa shape index (κ1) is 14.7. The summed E-state index contributed by atoms with van der Waals surface area (Å²) in [6.07, 6.45) is 2.92. The lowest BCUT2D eigenvalue weighted by Crippen LogP contribution is -2.35. The van der Waals surface area contributed by atoms with E-state index in [1.54, 1.807) is 27.1 Å². The van der Waals surface area contributed by atoms with Crippen molar-refractivity contribution < 1.29 is 8.42 Å². The van der Waals surface area contributed by atoms with E-state index in [1.165, 1.54) is 0 Å². The fourth-order valence-corrected chi connectivity index (χ4v) is 5.37. The first-order valence-electron chi connectivity index (χ1n) is 7.17. The van der Waals surface area contributed by atoms with Gasteiger partial charge in [0.1, 0.15) is 0 Å². The number of rotatable bonds is 3. The fraction of sp³-hybridized carbons (Fsp3) is 0.500. The summed E-state index contributed by atoms with van der Waals surface area (Å²) in [6.45, 7) is 3.68. The Labute approximate surface area is 127 Å². The number of sulfonamides is 1. The van der Waals surface area contributed by atoms with Crippen LogP contribution in [0.2, 0.25) is 0 Å². The van der Waals surface area contributed by atoms with Crippen LogP contribution in [0.5, 0.6) is 0 Å². The summed E-state index contributed by atoms with van der Waals surface area (Å²) >= 11 is 1.10. The number of benzene rings is 1. The van der Waals surface area contributed by atoms with Crippen LogP contribution in [0.4, 0.5) is 0 Å². The molecule has 21 heavy (non-hydrogen) atoms. The normalized spacial score (nSPS) is 17.4. The SMILES string of the molecule is CCn1c(=O)sc2cc(S(=O)(=O)N3CCCCC3)ccc21. The van der Waals surface area contributed by atoms with Gasteiger partial charge in [0.25, 0.3) is 0 Å². The van der Waals surface area contributed by atoms with Gasteiger partial charge in [-0.3, -0.25) is 9.36 Å². The maximum absolute atomic E-state index is 12.6. The molecular weight excluding hydrogens is 308 g/mol. The Morgan fingerprint density at radius 3 is 2.57 bits per heavy atom. The van der Waals surface area contributed by atoms with Crippen molar-refractivity contribution in [2.75, 3.05) is 13.1 Å². The molecule has 1 aromatic heterocycles. The lowest BCUT2D eigenvalue weighted by molar-refractivity contribution is 0.346. The van der Waals surface area contributed by atoms with Crippen LogP contribution >= 0.6 is 11.3 Å². The van der Waals surface area contributed by atoms with Crippen molar-refractivity contribution in [1.29, 1.82) is 0 Å². The average molecular weight is 326 g/mol. The highest BCUT2D eigenvalue weighted by molar-refractivity contribution is 7.89. The first-order chi connectivity index (χ1) is 10.0. The topological polar surface area (TPSA) is 59.4 Å². The molecule has 1 saturated heterocycles. The summed E-state index contributed by atoms with van der Waals surface area (Å²) in [5, 5.41) is 0. The zero-order valence-corrected chi connectivity index (χ0v) is 13.5. The number of nitrogens with zero attached hydrogens (tertiary/aromatic N) is 2. The highest BCUT2D eigenvalue weighted by Gasteiger charge is 2.26. The molecule has 5 nitrogen and oxygen atoms in total. The molecule has 7 heteroatoms. The van der Waals surface area contributed by atoms with E-state index in [1.807, 2.05) is 6.92 Å². The second-order valence-corrected chi connectivity index (χ2v) is 8.14. The van der Waals surface area contributed by atoms with E-state index in [0.29, 0.717) is 24.5 Å². The van der Waals surface area contributed by atoms with Gasteiger partial charge in [-0.1, -0.05) is 17.8 Å². The molecule has 0 aliphatic carbocycles. The van der Waals surface area contributed by atoms with Crippen LogP contribution in [-0.2, 0) is 16.6 Å². The Bertz CT molecular complexity index is 814. The lowest BCUT2D eigenvalue weighted by Gasteiger charge is -2.25. The van der Waals surface area contributed by atoms with E-state index >= 15 is 0 Å². The minimum atomic E-state index is -3.44. The monoisotopic (exact) mass is 326 g/mol. The first-order valence-corrected chi connectivity index (χ1v) is 9.43. The van der Waals surface area contributed by atoms with E-state index in [2.05, 4.69) is 0 Å². The standard InChI is InChI=1S/C14H18N2O3S2/c1-2-16-12-7-6-11(10-13(12)20-14(16)17)21(18,19)15-8-4-3-5-9-15/h6-7,10H,2-5,8-9H2,1H3. The Morgan fingerprint density at radius 1 is 1.19 bits per heavy atom. The third kappa shape index (κ3) is 2.54. The van der Waals surface area contributed by atoms with Crippen molar-refractivity contribution in [3.05, 3.63) is 27.9 Å². The summed E-state index contributed by atoms with van der Waals surface area (Å²) in [7, 11) is -3.44. The molecule has 1 fully saturated rings. The van der Waals surface area contributed by atoms with Gasteiger partial charge in [0.15, 0.2) is 0 Å². The molecule has 0 spiro atoms. The zero-order chi connectivity index (χ0) is 15.0. The van der Waals surface area contributed by atoms with Gasteiger partial charge < -0.3 is 0 Å². The molecule has 1 aliphatic rings. The molecular formula is C14H18N2O3S2. The van der Waals surface area contributed by atoms with Crippen LogP contribution in [-0.4, -0.2) is 30.4 Å². The van der Waals surface area contributed by atoms with Crippen molar-refractivity contribution >= 4 is 31.6 Å². The molecule has 2 aromatic rings. The Hall–Kier alpha value is -1.18. The molecule has 114 valence electrons. The Balaban J connectivity index is 2.06. The number of hydrogen-bond donors (Lipinski definition) is 0. The van der Waals surface area contributed by atoms with Crippen molar-refractivity contribution in [2.45, 2.75) is 37.6 Å². The van der Waals surface area contributed by atoms with Crippen LogP contribution < -0.4 is 4.87 Å².